The molecule has 5 rings (SSSR count). The van der Waals surface area contributed by atoms with E-state index >= 15 is 0 Å². The molecule has 146 valence electrons. The predicted octanol–water partition coefficient (Wildman–Crippen LogP) is 5.39. The number of aliphatic imine (C=N–C) groups is 1. The van der Waals surface area contributed by atoms with E-state index in [0.717, 1.165) is 27.7 Å². The summed E-state index contributed by atoms with van der Waals surface area (Å²) in [5.74, 6) is 1.16. The van der Waals surface area contributed by atoms with Crippen LogP contribution in [0.25, 0.3) is 11.4 Å². The second kappa shape index (κ2) is 6.73. The molecule has 2 aliphatic rings. The zero-order chi connectivity index (χ0) is 20.2. The number of hydrogen-bond acceptors (Lipinski definition) is 4. The van der Waals surface area contributed by atoms with E-state index in [1.807, 2.05) is 47.1 Å². The highest BCUT2D eigenvalue weighted by molar-refractivity contribution is 9.10. The summed E-state index contributed by atoms with van der Waals surface area (Å²) in [4.78, 5) is 22.8. The second-order valence-electron chi connectivity index (χ2n) is 8.61. The zero-order valence-corrected chi connectivity index (χ0v) is 17.9. The molecule has 5 nitrogen and oxygen atoms in total. The van der Waals surface area contributed by atoms with Crippen LogP contribution in [0.15, 0.2) is 64.1 Å². The molecular formula is C23H21BrN4O. The minimum absolute atomic E-state index is 0.0822. The molecule has 6 heteroatoms. The van der Waals surface area contributed by atoms with Crippen LogP contribution in [0.1, 0.15) is 38.3 Å². The molecule has 1 fully saturated rings. The van der Waals surface area contributed by atoms with Crippen molar-refractivity contribution in [3.8, 4) is 11.4 Å². The van der Waals surface area contributed by atoms with Gasteiger partial charge in [-0.3, -0.25) is 4.79 Å². The monoisotopic (exact) mass is 448 g/mol. The fourth-order valence-corrected chi connectivity index (χ4v) is 4.71. The van der Waals surface area contributed by atoms with Crippen molar-refractivity contribution < 1.29 is 4.79 Å². The van der Waals surface area contributed by atoms with E-state index in [1.54, 1.807) is 0 Å². The number of aromatic nitrogens is 3. The smallest absolute Gasteiger partial charge is 0.248 e. The Hall–Kier alpha value is -2.60. The first-order valence-electron chi connectivity index (χ1n) is 9.79. The fraction of sp³-hybridized carbons (Fsp3) is 0.304. The summed E-state index contributed by atoms with van der Waals surface area (Å²) < 4.78 is 2.85. The number of carbonyl (C=O) groups is 1. The van der Waals surface area contributed by atoms with Gasteiger partial charge < -0.3 is 0 Å². The van der Waals surface area contributed by atoms with Crippen LogP contribution in [0.3, 0.4) is 0 Å². The van der Waals surface area contributed by atoms with Crippen molar-refractivity contribution >= 4 is 33.4 Å². The van der Waals surface area contributed by atoms with E-state index in [4.69, 9.17) is 15.1 Å². The van der Waals surface area contributed by atoms with Gasteiger partial charge in [0.05, 0.1) is 12.0 Å². The molecule has 1 aliphatic carbocycles. The molecule has 29 heavy (non-hydrogen) atoms. The van der Waals surface area contributed by atoms with Gasteiger partial charge in [0.25, 0.3) is 0 Å². The summed E-state index contributed by atoms with van der Waals surface area (Å²) >= 11 is 3.51. The summed E-state index contributed by atoms with van der Waals surface area (Å²) in [6.45, 7) is 4.26. The van der Waals surface area contributed by atoms with Gasteiger partial charge in [0.1, 0.15) is 5.78 Å². The van der Waals surface area contributed by atoms with Gasteiger partial charge in [-0.05, 0) is 29.5 Å². The Bertz CT molecular complexity index is 1120. The lowest BCUT2D eigenvalue weighted by atomic mass is 9.67. The van der Waals surface area contributed by atoms with Crippen molar-refractivity contribution in [1.29, 1.82) is 0 Å². The van der Waals surface area contributed by atoms with Crippen molar-refractivity contribution in [3.63, 3.8) is 0 Å². The lowest BCUT2D eigenvalue weighted by molar-refractivity contribution is -0.124. The van der Waals surface area contributed by atoms with E-state index < -0.39 is 0 Å². The number of ketones is 1. The molecular weight excluding hydrogens is 428 g/mol. The highest BCUT2D eigenvalue weighted by Crippen LogP contribution is 2.45. The van der Waals surface area contributed by atoms with Crippen molar-refractivity contribution in [1.82, 2.24) is 14.8 Å². The third-order valence-corrected chi connectivity index (χ3v) is 6.23. The molecule has 0 amide bonds. The van der Waals surface area contributed by atoms with Crippen LogP contribution in [-0.4, -0.2) is 26.3 Å². The van der Waals surface area contributed by atoms with E-state index in [1.165, 1.54) is 0 Å². The molecule has 0 radical (unpaired) electrons. The maximum absolute atomic E-state index is 13.2. The Balaban J connectivity index is 1.69. The van der Waals surface area contributed by atoms with Crippen LogP contribution >= 0.6 is 15.9 Å². The number of carbonyl (C=O) groups excluding carboxylic acids is 1. The van der Waals surface area contributed by atoms with Crippen LogP contribution in [0.2, 0.25) is 0 Å². The number of halogens is 1. The molecule has 2 aromatic carbocycles. The summed E-state index contributed by atoms with van der Waals surface area (Å²) in [5, 5.41) is 4.80. The quantitative estimate of drug-likeness (QED) is 0.527. The lowest BCUT2D eigenvalue weighted by Gasteiger charge is -2.40. The Morgan fingerprint density at radius 2 is 1.76 bits per heavy atom. The summed E-state index contributed by atoms with van der Waals surface area (Å²) in [6.07, 6.45) is 1.35. The van der Waals surface area contributed by atoms with Crippen LogP contribution in [0, 0.1) is 11.3 Å². The largest absolute Gasteiger partial charge is 0.299 e. The highest BCUT2D eigenvalue weighted by atomic mass is 79.9. The van der Waals surface area contributed by atoms with Crippen molar-refractivity contribution in [2.24, 2.45) is 16.3 Å². The van der Waals surface area contributed by atoms with Gasteiger partial charge in [-0.25, -0.2) is 9.67 Å². The van der Waals surface area contributed by atoms with Gasteiger partial charge in [0, 0.05) is 22.2 Å². The Morgan fingerprint density at radius 1 is 1.03 bits per heavy atom. The number of fused-ring (bicyclic) bond motifs is 2. The fourth-order valence-electron chi connectivity index (χ4n) is 4.45. The molecule has 1 aliphatic heterocycles. The first kappa shape index (κ1) is 18.4. The number of hydrogen-bond donors (Lipinski definition) is 0. The Labute approximate surface area is 178 Å². The van der Waals surface area contributed by atoms with E-state index in [9.17, 15) is 4.79 Å². The van der Waals surface area contributed by atoms with Gasteiger partial charge in [0.2, 0.25) is 5.95 Å². The van der Waals surface area contributed by atoms with Gasteiger partial charge in [-0.1, -0.05) is 72.2 Å². The molecule has 2 unspecified atom stereocenters. The molecule has 1 aromatic heterocycles. The molecule has 0 N–H and O–H groups in total. The van der Waals surface area contributed by atoms with Crippen LogP contribution in [0.5, 0.6) is 0 Å². The minimum atomic E-state index is -0.290. The SMILES string of the molecule is CC1(C)CC(=O)C2C(=Nc3nc(-c4ccccc4)nn3C2c2ccc(Br)cc2)C1. The minimum Gasteiger partial charge on any atom is -0.299 e. The summed E-state index contributed by atoms with van der Waals surface area (Å²) in [6, 6.07) is 17.8. The maximum atomic E-state index is 13.2. The van der Waals surface area contributed by atoms with Gasteiger partial charge >= 0.3 is 0 Å². The molecule has 0 saturated heterocycles. The van der Waals surface area contributed by atoms with Crippen molar-refractivity contribution in [2.45, 2.75) is 32.7 Å². The Morgan fingerprint density at radius 3 is 2.48 bits per heavy atom. The van der Waals surface area contributed by atoms with E-state index in [0.29, 0.717) is 18.2 Å². The number of benzene rings is 2. The number of nitrogens with zero attached hydrogens (tertiary/aromatic N) is 4. The third kappa shape index (κ3) is 3.25. The Kier molecular flexibility index (Phi) is 4.28. The highest BCUT2D eigenvalue weighted by Gasteiger charge is 2.46. The van der Waals surface area contributed by atoms with Gasteiger partial charge in [-0.2, -0.15) is 4.98 Å². The number of Topliss-reactive ketones (excluding diaryl/α,β-unsaturated/α-hetero) is 1. The van der Waals surface area contributed by atoms with Crippen molar-refractivity contribution in [2.75, 3.05) is 0 Å². The predicted molar refractivity (Wildman–Crippen MR) is 116 cm³/mol. The van der Waals surface area contributed by atoms with Crippen LogP contribution in [-0.2, 0) is 4.79 Å². The first-order chi connectivity index (χ1) is 13.9. The third-order valence-electron chi connectivity index (χ3n) is 5.70. The zero-order valence-electron chi connectivity index (χ0n) is 16.3. The molecule has 2 atom stereocenters. The van der Waals surface area contributed by atoms with E-state index in [-0.39, 0.29) is 23.2 Å². The molecule has 0 spiro atoms. The molecule has 0 bridgehead atoms. The van der Waals surface area contributed by atoms with Crippen LogP contribution in [0.4, 0.5) is 5.95 Å². The molecule has 1 saturated carbocycles. The molecule has 3 aromatic rings. The summed E-state index contributed by atoms with van der Waals surface area (Å²) in [7, 11) is 0. The average Bonchev–Trinajstić information content (AvgIpc) is 3.10. The van der Waals surface area contributed by atoms with Gasteiger partial charge in [0.15, 0.2) is 5.82 Å². The van der Waals surface area contributed by atoms with E-state index in [2.05, 4.69) is 41.9 Å². The average molecular weight is 449 g/mol. The number of rotatable bonds is 2. The normalized spacial score (nSPS) is 22.6. The standard InChI is InChI=1S/C23H21BrN4O/c1-23(2)12-17-19(18(29)13-23)20(14-8-10-16(24)11-9-14)28-22(25-17)26-21(27-28)15-6-4-3-5-7-15/h3-11,19-20H,12-13H2,1-2H3. The first-order valence-corrected chi connectivity index (χ1v) is 10.6. The maximum Gasteiger partial charge on any atom is 0.248 e. The summed E-state index contributed by atoms with van der Waals surface area (Å²) in [5.41, 5.74) is 2.84. The van der Waals surface area contributed by atoms with Gasteiger partial charge in [-0.15, -0.1) is 5.10 Å². The van der Waals surface area contributed by atoms with Crippen molar-refractivity contribution in [3.05, 3.63) is 64.6 Å². The second-order valence-corrected chi connectivity index (χ2v) is 9.52. The topological polar surface area (TPSA) is 60.1 Å². The lowest BCUT2D eigenvalue weighted by Crippen LogP contribution is -2.44. The molecule has 2 heterocycles. The van der Waals surface area contributed by atoms with Crippen LogP contribution < -0.4 is 0 Å².